The second kappa shape index (κ2) is 8.72. The fraction of sp³-hybridized carbons (Fsp3) is 0.350. The summed E-state index contributed by atoms with van der Waals surface area (Å²) < 4.78 is 29.1. The highest BCUT2D eigenvalue weighted by Crippen LogP contribution is 2.33. The van der Waals surface area contributed by atoms with Crippen LogP contribution in [-0.4, -0.2) is 31.5 Å². The largest absolute Gasteiger partial charge is 0.382 e. The molecule has 0 N–H and O–H groups in total. The lowest BCUT2D eigenvalue weighted by Gasteiger charge is -2.24. The molecule has 0 heterocycles. The minimum Gasteiger partial charge on any atom is -0.382 e. The highest BCUT2D eigenvalue weighted by Gasteiger charge is 2.29. The molecular formula is C20H21Cl2NO4S. The lowest BCUT2D eigenvalue weighted by atomic mass is 10.1. The van der Waals surface area contributed by atoms with Crippen molar-refractivity contribution in [3.05, 3.63) is 63.6 Å². The van der Waals surface area contributed by atoms with Gasteiger partial charge in [0.15, 0.2) is 0 Å². The van der Waals surface area contributed by atoms with Crippen LogP contribution in [0.15, 0.2) is 42.5 Å². The molecule has 1 amide bonds. The van der Waals surface area contributed by atoms with Crippen LogP contribution in [0.25, 0.3) is 0 Å². The van der Waals surface area contributed by atoms with Crippen molar-refractivity contribution in [1.29, 1.82) is 0 Å². The molecule has 0 aromatic heterocycles. The van der Waals surface area contributed by atoms with Crippen LogP contribution < -0.4 is 4.18 Å². The van der Waals surface area contributed by atoms with E-state index in [1.165, 1.54) is 13.0 Å². The summed E-state index contributed by atoms with van der Waals surface area (Å²) in [6.45, 7) is 2.25. The number of benzene rings is 2. The van der Waals surface area contributed by atoms with Crippen molar-refractivity contribution in [3.8, 4) is 5.75 Å². The minimum atomic E-state index is -3.70. The monoisotopic (exact) mass is 441 g/mol. The van der Waals surface area contributed by atoms with Crippen molar-refractivity contribution in [3.63, 3.8) is 0 Å². The van der Waals surface area contributed by atoms with Crippen LogP contribution >= 0.6 is 23.2 Å². The predicted molar refractivity (Wildman–Crippen MR) is 110 cm³/mol. The fourth-order valence-corrected chi connectivity index (χ4v) is 3.76. The molecule has 0 atom stereocenters. The van der Waals surface area contributed by atoms with Gasteiger partial charge in [0.1, 0.15) is 5.75 Å². The van der Waals surface area contributed by atoms with Crippen molar-refractivity contribution in [2.75, 3.05) is 12.3 Å². The van der Waals surface area contributed by atoms with Gasteiger partial charge in [-0.3, -0.25) is 4.79 Å². The van der Waals surface area contributed by atoms with Gasteiger partial charge in [-0.15, -0.1) is 0 Å². The van der Waals surface area contributed by atoms with E-state index in [1.807, 2.05) is 0 Å². The van der Waals surface area contributed by atoms with Crippen molar-refractivity contribution in [1.82, 2.24) is 4.90 Å². The molecule has 8 heteroatoms. The molecule has 0 spiro atoms. The Hall–Kier alpha value is -1.76. The molecule has 2 aromatic rings. The van der Waals surface area contributed by atoms with Gasteiger partial charge in [0.25, 0.3) is 5.91 Å². The Balaban J connectivity index is 1.92. The number of carbonyl (C=O) groups is 1. The third-order valence-electron chi connectivity index (χ3n) is 4.52. The maximum atomic E-state index is 13.1. The molecule has 1 fully saturated rings. The van der Waals surface area contributed by atoms with Gasteiger partial charge >= 0.3 is 10.1 Å². The van der Waals surface area contributed by atoms with E-state index in [4.69, 9.17) is 27.4 Å². The molecule has 5 nitrogen and oxygen atoms in total. The zero-order valence-electron chi connectivity index (χ0n) is 15.4. The summed E-state index contributed by atoms with van der Waals surface area (Å²) in [4.78, 5) is 14.8. The molecule has 150 valence electrons. The van der Waals surface area contributed by atoms with Crippen LogP contribution in [0.2, 0.25) is 10.0 Å². The average molecular weight is 442 g/mol. The number of carbonyl (C=O) groups excluding carboxylic acids is 1. The Bertz CT molecular complexity index is 974. The number of amides is 1. The zero-order valence-corrected chi connectivity index (χ0v) is 17.7. The van der Waals surface area contributed by atoms with Gasteiger partial charge < -0.3 is 9.08 Å². The fourth-order valence-electron chi connectivity index (χ4n) is 2.79. The van der Waals surface area contributed by atoms with E-state index in [9.17, 15) is 13.2 Å². The number of hydrogen-bond acceptors (Lipinski definition) is 4. The van der Waals surface area contributed by atoms with Gasteiger partial charge in [-0.25, -0.2) is 0 Å². The molecule has 0 bridgehead atoms. The molecule has 2 aromatic carbocycles. The molecule has 0 radical (unpaired) electrons. The lowest BCUT2D eigenvalue weighted by Crippen LogP contribution is -2.33. The van der Waals surface area contributed by atoms with Crippen LogP contribution in [0, 0.1) is 5.92 Å². The first kappa shape index (κ1) is 21.0. The first-order valence-electron chi connectivity index (χ1n) is 9.03. The molecule has 3 rings (SSSR count). The number of halogens is 2. The van der Waals surface area contributed by atoms with E-state index in [2.05, 4.69) is 0 Å². The van der Waals surface area contributed by atoms with Gasteiger partial charge in [-0.1, -0.05) is 35.3 Å². The average Bonchev–Trinajstić information content (AvgIpc) is 3.47. The molecular weight excluding hydrogens is 421 g/mol. The predicted octanol–water partition coefficient (Wildman–Crippen LogP) is 4.77. The Kier molecular flexibility index (Phi) is 6.53. The summed E-state index contributed by atoms with van der Waals surface area (Å²) in [7, 11) is -3.70. The SMILES string of the molecule is CCS(=O)(=O)Oc1ccc(Cl)cc1CN(CC1CC1)C(=O)c1ccccc1Cl. The Labute approximate surface area is 175 Å². The second-order valence-electron chi connectivity index (χ2n) is 6.79. The summed E-state index contributed by atoms with van der Waals surface area (Å²) >= 11 is 12.3. The van der Waals surface area contributed by atoms with Gasteiger partial charge in [0.05, 0.1) is 16.3 Å². The van der Waals surface area contributed by atoms with Crippen LogP contribution in [0.1, 0.15) is 35.7 Å². The van der Waals surface area contributed by atoms with Crippen LogP contribution in [0.5, 0.6) is 5.75 Å². The quantitative estimate of drug-likeness (QED) is 0.553. The van der Waals surface area contributed by atoms with Crippen LogP contribution in [0.4, 0.5) is 0 Å². The van der Waals surface area contributed by atoms with Crippen molar-refractivity contribution in [2.24, 2.45) is 5.92 Å². The van der Waals surface area contributed by atoms with Gasteiger partial charge in [-0.05, 0) is 56.0 Å². The molecule has 1 aliphatic rings. The van der Waals surface area contributed by atoms with E-state index in [0.717, 1.165) is 12.8 Å². The number of rotatable bonds is 8. The van der Waals surface area contributed by atoms with Crippen molar-refractivity contribution in [2.45, 2.75) is 26.3 Å². The molecule has 0 unspecified atom stereocenters. The third-order valence-corrected chi connectivity index (χ3v) is 6.23. The van der Waals surface area contributed by atoms with Crippen LogP contribution in [0.3, 0.4) is 0 Å². The molecule has 0 aliphatic heterocycles. The van der Waals surface area contributed by atoms with Crippen molar-refractivity contribution < 1.29 is 17.4 Å². The topological polar surface area (TPSA) is 63.7 Å². The first-order valence-corrected chi connectivity index (χ1v) is 11.4. The Morgan fingerprint density at radius 2 is 1.89 bits per heavy atom. The smallest absolute Gasteiger partial charge is 0.308 e. The van der Waals surface area contributed by atoms with E-state index >= 15 is 0 Å². The van der Waals surface area contributed by atoms with E-state index < -0.39 is 10.1 Å². The molecule has 28 heavy (non-hydrogen) atoms. The highest BCUT2D eigenvalue weighted by molar-refractivity contribution is 7.87. The van der Waals surface area contributed by atoms with E-state index in [-0.39, 0.29) is 24.0 Å². The molecule has 1 aliphatic carbocycles. The van der Waals surface area contributed by atoms with Gasteiger partial charge in [0.2, 0.25) is 0 Å². The maximum absolute atomic E-state index is 13.1. The number of hydrogen-bond donors (Lipinski definition) is 0. The third kappa shape index (κ3) is 5.40. The van der Waals surface area contributed by atoms with E-state index in [0.29, 0.717) is 33.6 Å². The van der Waals surface area contributed by atoms with Crippen molar-refractivity contribution >= 4 is 39.2 Å². The Morgan fingerprint density at radius 1 is 1.18 bits per heavy atom. The summed E-state index contributed by atoms with van der Waals surface area (Å²) in [5.74, 6) is 0.259. The first-order chi connectivity index (χ1) is 13.3. The standard InChI is InChI=1S/C20H21Cl2NO4S/c1-2-28(25,26)27-19-10-9-16(21)11-15(19)13-23(12-14-7-8-14)20(24)17-5-3-4-6-18(17)22/h3-6,9-11,14H,2,7-8,12-13H2,1H3. The lowest BCUT2D eigenvalue weighted by molar-refractivity contribution is 0.0734. The summed E-state index contributed by atoms with van der Waals surface area (Å²) in [6.07, 6.45) is 2.13. The summed E-state index contributed by atoms with van der Waals surface area (Å²) in [5, 5.41) is 0.817. The molecule has 1 saturated carbocycles. The van der Waals surface area contributed by atoms with Gasteiger partial charge in [0, 0.05) is 23.7 Å². The zero-order chi connectivity index (χ0) is 20.3. The van der Waals surface area contributed by atoms with Crippen LogP contribution in [-0.2, 0) is 16.7 Å². The normalized spacial score (nSPS) is 14.0. The highest BCUT2D eigenvalue weighted by atomic mass is 35.5. The summed E-state index contributed by atoms with van der Waals surface area (Å²) in [5.41, 5.74) is 0.945. The van der Waals surface area contributed by atoms with Gasteiger partial charge in [-0.2, -0.15) is 8.42 Å². The minimum absolute atomic E-state index is 0.153. The number of nitrogens with zero attached hydrogens (tertiary/aromatic N) is 1. The molecule has 0 saturated heterocycles. The Morgan fingerprint density at radius 3 is 2.54 bits per heavy atom. The summed E-state index contributed by atoms with van der Waals surface area (Å²) in [6, 6.07) is 11.6. The maximum Gasteiger partial charge on any atom is 0.308 e. The second-order valence-corrected chi connectivity index (χ2v) is 9.49. The van der Waals surface area contributed by atoms with E-state index in [1.54, 1.807) is 41.3 Å².